The molecule has 3 aromatic rings. The molecule has 0 bridgehead atoms. The second kappa shape index (κ2) is 7.75. The van der Waals surface area contributed by atoms with Crippen molar-refractivity contribution in [1.82, 2.24) is 10.1 Å². The molecule has 0 fully saturated rings. The fraction of sp³-hybridized carbons (Fsp3) is 0.250. The zero-order valence-corrected chi connectivity index (χ0v) is 14.5. The van der Waals surface area contributed by atoms with Gasteiger partial charge >= 0.3 is 0 Å². The number of carbonyl (C=O) groups excluding carboxylic acids is 1. The lowest BCUT2D eigenvalue weighted by Gasteiger charge is -2.05. The average molecular weight is 335 g/mol. The summed E-state index contributed by atoms with van der Waals surface area (Å²) in [4.78, 5) is 16.4. The molecule has 0 aliphatic rings. The van der Waals surface area contributed by atoms with Crippen LogP contribution in [0, 0.1) is 6.92 Å². The first-order valence-electron chi connectivity index (χ1n) is 8.42. The topological polar surface area (TPSA) is 68.0 Å². The van der Waals surface area contributed by atoms with Crippen LogP contribution in [-0.4, -0.2) is 16.0 Å². The minimum atomic E-state index is -0.0699. The van der Waals surface area contributed by atoms with E-state index in [9.17, 15) is 4.79 Å². The molecular formula is C20H21N3O2. The highest BCUT2D eigenvalue weighted by Gasteiger charge is 2.11. The number of amides is 1. The average Bonchev–Trinajstić information content (AvgIpc) is 3.10. The molecular weight excluding hydrogens is 314 g/mol. The number of nitrogens with one attached hydrogen (secondary N) is 1. The van der Waals surface area contributed by atoms with Crippen molar-refractivity contribution in [2.75, 3.05) is 5.32 Å². The molecule has 0 atom stereocenters. The number of aryl methyl sites for hydroxylation is 3. The fourth-order valence-corrected chi connectivity index (χ4v) is 2.53. The molecule has 0 aliphatic carbocycles. The second-order valence-corrected chi connectivity index (χ2v) is 5.98. The first-order valence-corrected chi connectivity index (χ1v) is 8.42. The van der Waals surface area contributed by atoms with Crippen LogP contribution < -0.4 is 5.32 Å². The molecule has 3 rings (SSSR count). The van der Waals surface area contributed by atoms with E-state index in [-0.39, 0.29) is 5.91 Å². The van der Waals surface area contributed by atoms with Gasteiger partial charge < -0.3 is 9.84 Å². The van der Waals surface area contributed by atoms with Crippen LogP contribution in [0.25, 0.3) is 11.4 Å². The van der Waals surface area contributed by atoms with Gasteiger partial charge in [0.1, 0.15) is 0 Å². The highest BCUT2D eigenvalue weighted by Crippen LogP contribution is 2.17. The maximum Gasteiger partial charge on any atom is 0.227 e. The normalized spacial score (nSPS) is 10.6. The zero-order chi connectivity index (χ0) is 17.6. The third-order valence-corrected chi connectivity index (χ3v) is 3.96. The number of aromatic nitrogens is 2. The summed E-state index contributed by atoms with van der Waals surface area (Å²) in [5.41, 5.74) is 4.09. The summed E-state index contributed by atoms with van der Waals surface area (Å²) in [5, 5.41) is 6.87. The lowest BCUT2D eigenvalue weighted by molar-refractivity contribution is -0.116. The van der Waals surface area contributed by atoms with Crippen molar-refractivity contribution in [3.63, 3.8) is 0 Å². The Bertz CT molecular complexity index is 853. The molecule has 25 heavy (non-hydrogen) atoms. The maximum absolute atomic E-state index is 12.1. The van der Waals surface area contributed by atoms with Gasteiger partial charge in [-0.2, -0.15) is 4.98 Å². The highest BCUT2D eigenvalue weighted by molar-refractivity contribution is 5.90. The van der Waals surface area contributed by atoms with Gasteiger partial charge in [-0.3, -0.25) is 4.79 Å². The number of carbonyl (C=O) groups is 1. The number of rotatable bonds is 6. The van der Waals surface area contributed by atoms with Crippen molar-refractivity contribution >= 4 is 11.6 Å². The van der Waals surface area contributed by atoms with Crippen LogP contribution in [0.3, 0.4) is 0 Å². The Kier molecular flexibility index (Phi) is 5.23. The molecule has 0 aliphatic heterocycles. The molecule has 1 heterocycles. The Morgan fingerprint density at radius 2 is 1.96 bits per heavy atom. The largest absolute Gasteiger partial charge is 0.339 e. The summed E-state index contributed by atoms with van der Waals surface area (Å²) in [6, 6.07) is 15.8. The van der Waals surface area contributed by atoms with Gasteiger partial charge in [0.05, 0.1) is 0 Å². The van der Waals surface area contributed by atoms with Crippen molar-refractivity contribution in [3.8, 4) is 11.4 Å². The molecule has 0 radical (unpaired) electrons. The smallest absolute Gasteiger partial charge is 0.227 e. The van der Waals surface area contributed by atoms with E-state index in [1.165, 1.54) is 5.56 Å². The minimum Gasteiger partial charge on any atom is -0.339 e. The van der Waals surface area contributed by atoms with Crippen molar-refractivity contribution in [1.29, 1.82) is 0 Å². The van der Waals surface area contributed by atoms with Crippen LogP contribution in [-0.2, 0) is 17.6 Å². The number of anilines is 1. The van der Waals surface area contributed by atoms with Crippen molar-refractivity contribution in [2.24, 2.45) is 0 Å². The molecule has 0 spiro atoms. The Labute approximate surface area is 147 Å². The third kappa shape index (κ3) is 4.53. The molecule has 1 aromatic heterocycles. The van der Waals surface area contributed by atoms with Gasteiger partial charge in [-0.1, -0.05) is 48.0 Å². The van der Waals surface area contributed by atoms with Crippen molar-refractivity contribution < 1.29 is 9.32 Å². The minimum absolute atomic E-state index is 0.0699. The molecule has 5 heteroatoms. The monoisotopic (exact) mass is 335 g/mol. The second-order valence-electron chi connectivity index (χ2n) is 5.98. The molecule has 0 saturated carbocycles. The predicted octanol–water partition coefficient (Wildman–Crippen LogP) is 4.18. The lowest BCUT2D eigenvalue weighted by Crippen LogP contribution is -2.12. The molecule has 1 amide bonds. The molecule has 5 nitrogen and oxygen atoms in total. The molecule has 128 valence electrons. The Balaban J connectivity index is 1.55. The molecule has 1 N–H and O–H groups in total. The van der Waals surface area contributed by atoms with E-state index in [1.54, 1.807) is 0 Å². The summed E-state index contributed by atoms with van der Waals surface area (Å²) in [6.07, 6.45) is 1.69. The van der Waals surface area contributed by atoms with E-state index in [1.807, 2.05) is 55.5 Å². The van der Waals surface area contributed by atoms with Gasteiger partial charge in [-0.05, 0) is 37.1 Å². The van der Waals surface area contributed by atoms with Crippen molar-refractivity contribution in [2.45, 2.75) is 33.1 Å². The van der Waals surface area contributed by atoms with Crippen LogP contribution in [0.4, 0.5) is 5.69 Å². The van der Waals surface area contributed by atoms with E-state index in [0.29, 0.717) is 24.6 Å². The van der Waals surface area contributed by atoms with Crippen molar-refractivity contribution in [3.05, 3.63) is 65.5 Å². The van der Waals surface area contributed by atoms with E-state index < -0.39 is 0 Å². The van der Waals surface area contributed by atoms with E-state index in [0.717, 1.165) is 23.2 Å². The summed E-state index contributed by atoms with van der Waals surface area (Å²) in [5.74, 6) is 0.946. The summed E-state index contributed by atoms with van der Waals surface area (Å²) in [6.45, 7) is 4.12. The van der Waals surface area contributed by atoms with E-state index in [2.05, 4.69) is 22.4 Å². The first kappa shape index (κ1) is 16.9. The van der Waals surface area contributed by atoms with Gasteiger partial charge in [-0.25, -0.2) is 0 Å². The first-order chi connectivity index (χ1) is 12.1. The van der Waals surface area contributed by atoms with Gasteiger partial charge in [0, 0.05) is 24.1 Å². The summed E-state index contributed by atoms with van der Waals surface area (Å²) in [7, 11) is 0. The van der Waals surface area contributed by atoms with Gasteiger partial charge in [0.25, 0.3) is 0 Å². The maximum atomic E-state index is 12.1. The van der Waals surface area contributed by atoms with E-state index in [4.69, 9.17) is 4.52 Å². The number of hydrogen-bond acceptors (Lipinski definition) is 4. The standard InChI is InChI=1S/C20H21N3O2/c1-3-15-7-9-17(10-8-15)21-18(24)11-12-19-22-20(23-25-19)16-6-4-5-14(2)13-16/h4-10,13H,3,11-12H2,1-2H3,(H,21,24). The van der Waals surface area contributed by atoms with Crippen LogP contribution in [0.1, 0.15) is 30.4 Å². The summed E-state index contributed by atoms with van der Waals surface area (Å²) >= 11 is 0. The zero-order valence-electron chi connectivity index (χ0n) is 14.5. The third-order valence-electron chi connectivity index (χ3n) is 3.96. The molecule has 0 unspecified atom stereocenters. The van der Waals surface area contributed by atoms with Gasteiger partial charge in [0.15, 0.2) is 0 Å². The van der Waals surface area contributed by atoms with Crippen LogP contribution in [0.2, 0.25) is 0 Å². The van der Waals surface area contributed by atoms with Crippen LogP contribution in [0.15, 0.2) is 53.1 Å². The number of nitrogens with zero attached hydrogens (tertiary/aromatic N) is 2. The Morgan fingerprint density at radius 3 is 2.68 bits per heavy atom. The number of benzene rings is 2. The summed E-state index contributed by atoms with van der Waals surface area (Å²) < 4.78 is 5.25. The van der Waals surface area contributed by atoms with Gasteiger partial charge in [-0.15, -0.1) is 0 Å². The number of hydrogen-bond donors (Lipinski definition) is 1. The molecule has 2 aromatic carbocycles. The molecule has 0 saturated heterocycles. The Morgan fingerprint density at radius 1 is 1.16 bits per heavy atom. The highest BCUT2D eigenvalue weighted by atomic mass is 16.5. The van der Waals surface area contributed by atoms with Gasteiger partial charge in [0.2, 0.25) is 17.6 Å². The Hall–Kier alpha value is -2.95. The lowest BCUT2D eigenvalue weighted by atomic mass is 10.1. The fourth-order valence-electron chi connectivity index (χ4n) is 2.53. The van der Waals surface area contributed by atoms with Crippen LogP contribution >= 0.6 is 0 Å². The van der Waals surface area contributed by atoms with Crippen LogP contribution in [0.5, 0.6) is 0 Å². The predicted molar refractivity (Wildman–Crippen MR) is 97.2 cm³/mol. The quantitative estimate of drug-likeness (QED) is 0.734. The SMILES string of the molecule is CCc1ccc(NC(=O)CCc2nc(-c3cccc(C)c3)no2)cc1. The van der Waals surface area contributed by atoms with E-state index >= 15 is 0 Å².